The summed E-state index contributed by atoms with van der Waals surface area (Å²) in [7, 11) is 0. The quantitative estimate of drug-likeness (QED) is 0.533. The molecule has 3 heteroatoms. The van der Waals surface area contributed by atoms with Crippen LogP contribution < -0.4 is 0 Å². The zero-order valence-electron chi connectivity index (χ0n) is 8.11. The van der Waals surface area contributed by atoms with Crippen molar-refractivity contribution in [1.29, 1.82) is 0 Å². The topological polar surface area (TPSA) is 20.2 Å². The number of rotatable bonds is 4. The number of unbranched alkanes of at least 4 members (excludes halogenated alkanes) is 2. The second-order valence-electron chi connectivity index (χ2n) is 3.17. The van der Waals surface area contributed by atoms with Crippen LogP contribution in [0.4, 0.5) is 8.78 Å². The molecule has 0 aromatic carbocycles. The number of hydrogen-bond donors (Lipinski definition) is 1. The summed E-state index contributed by atoms with van der Waals surface area (Å²) in [5.74, 6) is 0.858. The van der Waals surface area contributed by atoms with Gasteiger partial charge < -0.3 is 5.11 Å². The maximum absolute atomic E-state index is 12.2. The van der Waals surface area contributed by atoms with E-state index in [1.165, 1.54) is 0 Å². The lowest BCUT2D eigenvalue weighted by atomic mass is 10.1. The van der Waals surface area contributed by atoms with Crippen molar-refractivity contribution in [3.63, 3.8) is 0 Å². The molecule has 76 valence electrons. The zero-order chi connectivity index (χ0) is 10.3. The summed E-state index contributed by atoms with van der Waals surface area (Å²) in [5, 5.41) is 9.13. The van der Waals surface area contributed by atoms with Crippen molar-refractivity contribution in [1.82, 2.24) is 0 Å². The highest BCUT2D eigenvalue weighted by molar-refractivity contribution is 5.11. The standard InChI is InChI=1S/C10H16F2O/c1-3-4-5-6-9(13)7-8-10(2,11)12/h9,13H,3-6H2,1-2H3. The van der Waals surface area contributed by atoms with Crippen molar-refractivity contribution in [3.05, 3.63) is 0 Å². The molecule has 13 heavy (non-hydrogen) atoms. The number of hydrogen-bond acceptors (Lipinski definition) is 1. The van der Waals surface area contributed by atoms with Gasteiger partial charge in [-0.2, -0.15) is 8.78 Å². The zero-order valence-corrected chi connectivity index (χ0v) is 8.11. The van der Waals surface area contributed by atoms with Crippen molar-refractivity contribution in [2.45, 2.75) is 51.6 Å². The molecule has 1 atom stereocenters. The van der Waals surface area contributed by atoms with E-state index in [1.807, 2.05) is 6.92 Å². The Bertz CT molecular complexity index is 185. The molecule has 0 spiro atoms. The fourth-order valence-corrected chi connectivity index (χ4v) is 0.870. The molecule has 0 aromatic rings. The summed E-state index contributed by atoms with van der Waals surface area (Å²) in [6.45, 7) is 2.76. The molecule has 1 nitrogen and oxygen atoms in total. The van der Waals surface area contributed by atoms with Gasteiger partial charge in [-0.1, -0.05) is 25.7 Å². The SMILES string of the molecule is CCCCCC(O)C#CC(C)(F)F. The smallest absolute Gasteiger partial charge is 0.305 e. The van der Waals surface area contributed by atoms with E-state index in [1.54, 1.807) is 5.92 Å². The Labute approximate surface area is 78.1 Å². The normalized spacial score (nSPS) is 13.3. The van der Waals surface area contributed by atoms with Gasteiger partial charge in [-0.15, -0.1) is 0 Å². The van der Waals surface area contributed by atoms with Crippen molar-refractivity contribution >= 4 is 0 Å². The lowest BCUT2D eigenvalue weighted by Gasteiger charge is -2.03. The minimum Gasteiger partial charge on any atom is -0.380 e. The number of halogens is 2. The van der Waals surface area contributed by atoms with Gasteiger partial charge in [-0.05, 0) is 18.8 Å². The third-order valence-electron chi connectivity index (χ3n) is 1.54. The Morgan fingerprint density at radius 2 is 2.00 bits per heavy atom. The molecule has 0 aromatic heterocycles. The third-order valence-corrected chi connectivity index (χ3v) is 1.54. The molecule has 0 aliphatic heterocycles. The molecular formula is C10H16F2O. The number of aliphatic hydroxyl groups is 1. The van der Waals surface area contributed by atoms with Crippen LogP contribution in [0.25, 0.3) is 0 Å². The predicted molar refractivity (Wildman–Crippen MR) is 48.5 cm³/mol. The maximum Gasteiger partial charge on any atom is 0.305 e. The fraction of sp³-hybridized carbons (Fsp3) is 0.800. The van der Waals surface area contributed by atoms with E-state index in [4.69, 9.17) is 5.11 Å². The van der Waals surface area contributed by atoms with Gasteiger partial charge in [-0.3, -0.25) is 0 Å². The highest BCUT2D eigenvalue weighted by Crippen LogP contribution is 2.09. The second-order valence-corrected chi connectivity index (χ2v) is 3.17. The Morgan fingerprint density at radius 1 is 1.38 bits per heavy atom. The minimum atomic E-state index is -2.99. The average molecular weight is 190 g/mol. The maximum atomic E-state index is 12.2. The second kappa shape index (κ2) is 5.93. The number of aliphatic hydroxyl groups excluding tert-OH is 1. The Balaban J connectivity index is 3.71. The average Bonchev–Trinajstić information content (AvgIpc) is 2.00. The third kappa shape index (κ3) is 9.29. The fourth-order valence-electron chi connectivity index (χ4n) is 0.870. The van der Waals surface area contributed by atoms with Crippen molar-refractivity contribution < 1.29 is 13.9 Å². The van der Waals surface area contributed by atoms with E-state index >= 15 is 0 Å². The van der Waals surface area contributed by atoms with Crippen LogP contribution in [0.5, 0.6) is 0 Å². The van der Waals surface area contributed by atoms with Gasteiger partial charge in [0, 0.05) is 6.92 Å². The molecule has 0 saturated heterocycles. The molecule has 1 N–H and O–H groups in total. The van der Waals surface area contributed by atoms with Crippen LogP contribution in [-0.2, 0) is 0 Å². The van der Waals surface area contributed by atoms with Gasteiger partial charge in [0.2, 0.25) is 0 Å². The molecular weight excluding hydrogens is 174 g/mol. The lowest BCUT2D eigenvalue weighted by molar-refractivity contribution is 0.0879. The minimum absolute atomic E-state index is 0.483. The molecule has 0 aliphatic rings. The first-order valence-corrected chi connectivity index (χ1v) is 4.54. The molecule has 0 saturated carbocycles. The van der Waals surface area contributed by atoms with Crippen molar-refractivity contribution in [3.8, 4) is 11.8 Å². The summed E-state index contributed by atoms with van der Waals surface area (Å²) in [4.78, 5) is 0. The van der Waals surface area contributed by atoms with Crippen LogP contribution in [0.15, 0.2) is 0 Å². The van der Waals surface area contributed by atoms with E-state index in [2.05, 4.69) is 5.92 Å². The van der Waals surface area contributed by atoms with Crippen molar-refractivity contribution in [2.24, 2.45) is 0 Å². The Kier molecular flexibility index (Phi) is 5.65. The van der Waals surface area contributed by atoms with Gasteiger partial charge in [0.1, 0.15) is 6.10 Å². The predicted octanol–water partition coefficient (Wildman–Crippen LogP) is 2.59. The van der Waals surface area contributed by atoms with E-state index in [0.717, 1.165) is 26.2 Å². The van der Waals surface area contributed by atoms with Crippen LogP contribution in [0, 0.1) is 11.8 Å². The van der Waals surface area contributed by atoms with Crippen LogP contribution in [-0.4, -0.2) is 17.1 Å². The van der Waals surface area contributed by atoms with Crippen LogP contribution in [0.3, 0.4) is 0 Å². The van der Waals surface area contributed by atoms with Gasteiger partial charge >= 0.3 is 5.92 Å². The van der Waals surface area contributed by atoms with Crippen LogP contribution in [0.2, 0.25) is 0 Å². The van der Waals surface area contributed by atoms with Gasteiger partial charge in [-0.25, -0.2) is 0 Å². The molecule has 0 rings (SSSR count). The van der Waals surface area contributed by atoms with Crippen LogP contribution >= 0.6 is 0 Å². The first-order valence-electron chi connectivity index (χ1n) is 4.54. The molecule has 0 aliphatic carbocycles. The summed E-state index contributed by atoms with van der Waals surface area (Å²) < 4.78 is 24.4. The molecule has 0 amide bonds. The van der Waals surface area contributed by atoms with Crippen LogP contribution in [0.1, 0.15) is 39.5 Å². The van der Waals surface area contributed by atoms with Gasteiger partial charge in [0.15, 0.2) is 0 Å². The van der Waals surface area contributed by atoms with E-state index in [9.17, 15) is 8.78 Å². The summed E-state index contributed by atoms with van der Waals surface area (Å²) >= 11 is 0. The molecule has 0 fully saturated rings. The highest BCUT2D eigenvalue weighted by Gasteiger charge is 2.16. The summed E-state index contributed by atoms with van der Waals surface area (Å²) in [6, 6.07) is 0. The summed E-state index contributed by atoms with van der Waals surface area (Å²) in [6.07, 6.45) is 2.46. The Morgan fingerprint density at radius 3 is 2.46 bits per heavy atom. The Hall–Kier alpha value is -0.620. The molecule has 1 unspecified atom stereocenters. The van der Waals surface area contributed by atoms with Gasteiger partial charge in [0.25, 0.3) is 0 Å². The highest BCUT2D eigenvalue weighted by atomic mass is 19.3. The number of alkyl halides is 2. The molecule has 0 heterocycles. The van der Waals surface area contributed by atoms with E-state index in [0.29, 0.717) is 6.42 Å². The lowest BCUT2D eigenvalue weighted by Crippen LogP contribution is -2.08. The van der Waals surface area contributed by atoms with Gasteiger partial charge in [0.05, 0.1) is 0 Å². The monoisotopic (exact) mass is 190 g/mol. The van der Waals surface area contributed by atoms with E-state index in [-0.39, 0.29) is 0 Å². The van der Waals surface area contributed by atoms with E-state index < -0.39 is 12.0 Å². The summed E-state index contributed by atoms with van der Waals surface area (Å²) in [5.41, 5.74) is 0. The van der Waals surface area contributed by atoms with Crippen molar-refractivity contribution in [2.75, 3.05) is 0 Å². The molecule has 0 radical (unpaired) electrons. The first-order chi connectivity index (χ1) is 5.95. The molecule has 0 bridgehead atoms. The first kappa shape index (κ1) is 12.4. The largest absolute Gasteiger partial charge is 0.380 e.